The Morgan fingerprint density at radius 3 is 2.33 bits per heavy atom. The fraction of sp³-hybridized carbons (Fsp3) is 0.105. The van der Waals surface area contributed by atoms with Gasteiger partial charge < -0.3 is 14.6 Å². The molecule has 0 bridgehead atoms. The quantitative estimate of drug-likeness (QED) is 0.632. The molecule has 2 aromatic rings. The van der Waals surface area contributed by atoms with Crippen LogP contribution in [0.4, 0.5) is 10.5 Å². The molecule has 1 fully saturated rings. The maximum absolute atomic E-state index is 12.8. The van der Waals surface area contributed by atoms with Crippen molar-refractivity contribution in [2.45, 2.75) is 0 Å². The van der Waals surface area contributed by atoms with Gasteiger partial charge in [-0.3, -0.25) is 14.9 Å². The Morgan fingerprint density at radius 2 is 1.70 bits per heavy atom. The van der Waals surface area contributed by atoms with Crippen LogP contribution in [0.1, 0.15) is 5.56 Å². The van der Waals surface area contributed by atoms with Crippen LogP contribution in [0.5, 0.6) is 17.2 Å². The minimum Gasteiger partial charge on any atom is -0.504 e. The molecule has 0 atom stereocenters. The third-order valence-electron chi connectivity index (χ3n) is 3.98. The number of urea groups is 1. The first-order chi connectivity index (χ1) is 13.0. The molecule has 4 amide bonds. The van der Waals surface area contributed by atoms with Gasteiger partial charge in [0.1, 0.15) is 11.3 Å². The van der Waals surface area contributed by atoms with Crippen LogP contribution in [0.15, 0.2) is 48.0 Å². The number of aromatic hydroxyl groups is 1. The summed E-state index contributed by atoms with van der Waals surface area (Å²) >= 11 is 0. The topological polar surface area (TPSA) is 105 Å². The normalized spacial score (nSPS) is 15.7. The molecule has 3 rings (SSSR count). The summed E-state index contributed by atoms with van der Waals surface area (Å²) in [5.41, 5.74) is 0.178. The summed E-state index contributed by atoms with van der Waals surface area (Å²) in [4.78, 5) is 38.0. The highest BCUT2D eigenvalue weighted by molar-refractivity contribution is 6.39. The molecule has 0 aromatic heterocycles. The highest BCUT2D eigenvalue weighted by Crippen LogP contribution is 2.32. The number of barbiturate groups is 1. The van der Waals surface area contributed by atoms with Crippen molar-refractivity contribution in [1.82, 2.24) is 5.32 Å². The van der Waals surface area contributed by atoms with E-state index in [0.717, 1.165) is 4.90 Å². The number of phenolic OH excluding ortho intramolecular Hbond substituents is 1. The van der Waals surface area contributed by atoms with Crippen LogP contribution in [0, 0.1) is 0 Å². The van der Waals surface area contributed by atoms with Crippen molar-refractivity contribution < 1.29 is 29.0 Å². The second-order valence-corrected chi connectivity index (χ2v) is 5.55. The number of benzene rings is 2. The number of carbonyl (C=O) groups is 3. The van der Waals surface area contributed by atoms with Crippen molar-refractivity contribution in [2.75, 3.05) is 19.1 Å². The molecule has 1 aliphatic heterocycles. The first-order valence-electron chi connectivity index (χ1n) is 7.87. The number of carbonyl (C=O) groups excluding carboxylic acids is 3. The molecule has 8 nitrogen and oxygen atoms in total. The van der Waals surface area contributed by atoms with E-state index in [2.05, 4.69) is 5.32 Å². The Labute approximate surface area is 154 Å². The zero-order valence-corrected chi connectivity index (χ0v) is 14.6. The lowest BCUT2D eigenvalue weighted by atomic mass is 10.1. The molecule has 0 unspecified atom stereocenters. The van der Waals surface area contributed by atoms with E-state index in [4.69, 9.17) is 9.47 Å². The number of hydrogen-bond acceptors (Lipinski definition) is 6. The highest BCUT2D eigenvalue weighted by atomic mass is 16.5. The average molecular weight is 368 g/mol. The molecule has 1 heterocycles. The number of rotatable bonds is 4. The molecule has 8 heteroatoms. The summed E-state index contributed by atoms with van der Waals surface area (Å²) in [5.74, 6) is -1.14. The van der Waals surface area contributed by atoms with Gasteiger partial charge in [0.05, 0.1) is 19.9 Å². The third-order valence-corrected chi connectivity index (χ3v) is 3.98. The number of para-hydroxylation sites is 1. The van der Waals surface area contributed by atoms with Crippen molar-refractivity contribution in [2.24, 2.45) is 0 Å². The van der Waals surface area contributed by atoms with Gasteiger partial charge in [-0.25, -0.2) is 9.69 Å². The zero-order valence-electron chi connectivity index (χ0n) is 14.6. The smallest absolute Gasteiger partial charge is 0.335 e. The Morgan fingerprint density at radius 1 is 1.00 bits per heavy atom. The van der Waals surface area contributed by atoms with Crippen molar-refractivity contribution in [3.05, 3.63) is 53.6 Å². The summed E-state index contributed by atoms with van der Waals surface area (Å²) < 4.78 is 10.1. The molecule has 1 saturated heterocycles. The molecule has 1 aliphatic rings. The van der Waals surface area contributed by atoms with Crippen molar-refractivity contribution in [3.63, 3.8) is 0 Å². The summed E-state index contributed by atoms with van der Waals surface area (Å²) in [5, 5.41) is 12.3. The predicted octanol–water partition coefficient (Wildman–Crippen LogP) is 2.08. The van der Waals surface area contributed by atoms with Crippen LogP contribution >= 0.6 is 0 Å². The standard InChI is InChI=1S/C19H16N2O6/c1-26-13-8-6-12(7-9-13)21-18(24)14(17(23)20-19(21)25)10-11-4-3-5-15(27-2)16(11)22/h3-10,22H,1-2H3,(H,20,23,25)/b14-10-. The van der Waals surface area contributed by atoms with Gasteiger partial charge in [-0.05, 0) is 36.4 Å². The van der Waals surface area contributed by atoms with Crippen LogP contribution in [0.2, 0.25) is 0 Å². The number of phenols is 1. The highest BCUT2D eigenvalue weighted by Gasteiger charge is 2.37. The van der Waals surface area contributed by atoms with Gasteiger partial charge in [0.15, 0.2) is 11.5 Å². The average Bonchev–Trinajstić information content (AvgIpc) is 2.66. The number of imide groups is 2. The maximum Gasteiger partial charge on any atom is 0.335 e. The molecule has 138 valence electrons. The molecule has 0 aliphatic carbocycles. The van der Waals surface area contributed by atoms with Gasteiger partial charge in [0, 0.05) is 5.56 Å². The Kier molecular flexibility index (Phi) is 4.80. The van der Waals surface area contributed by atoms with Gasteiger partial charge in [-0.15, -0.1) is 0 Å². The van der Waals surface area contributed by atoms with Crippen molar-refractivity contribution in [3.8, 4) is 17.2 Å². The summed E-state index contributed by atoms with van der Waals surface area (Å²) in [7, 11) is 2.88. The lowest BCUT2D eigenvalue weighted by Crippen LogP contribution is -2.54. The summed E-state index contributed by atoms with van der Waals surface area (Å²) in [6.45, 7) is 0. The summed E-state index contributed by atoms with van der Waals surface area (Å²) in [6.07, 6.45) is 1.21. The number of hydrogen-bond donors (Lipinski definition) is 2. The van der Waals surface area contributed by atoms with Gasteiger partial charge in [-0.2, -0.15) is 0 Å². The number of nitrogens with one attached hydrogen (secondary N) is 1. The van der Waals surface area contributed by atoms with Crippen molar-refractivity contribution >= 4 is 29.6 Å². The maximum atomic E-state index is 12.8. The fourth-order valence-corrected chi connectivity index (χ4v) is 2.60. The van der Waals surface area contributed by atoms with E-state index in [-0.39, 0.29) is 28.3 Å². The number of methoxy groups -OCH3 is 2. The lowest BCUT2D eigenvalue weighted by molar-refractivity contribution is -0.122. The second kappa shape index (κ2) is 7.20. The molecule has 0 saturated carbocycles. The molecular weight excluding hydrogens is 352 g/mol. The first kappa shape index (κ1) is 18.0. The summed E-state index contributed by atoms with van der Waals surface area (Å²) in [6, 6.07) is 10.0. The fourth-order valence-electron chi connectivity index (χ4n) is 2.60. The van der Waals surface area contributed by atoms with Crippen LogP contribution in [-0.4, -0.2) is 37.2 Å². The first-order valence-corrected chi connectivity index (χ1v) is 7.87. The van der Waals surface area contributed by atoms with E-state index in [1.807, 2.05) is 0 Å². The minimum atomic E-state index is -0.859. The molecule has 0 radical (unpaired) electrons. The van der Waals surface area contributed by atoms with E-state index in [0.29, 0.717) is 5.75 Å². The SMILES string of the molecule is COc1ccc(N2C(=O)NC(=O)/C(=C/c3cccc(OC)c3O)C2=O)cc1. The largest absolute Gasteiger partial charge is 0.504 e. The van der Waals surface area contributed by atoms with E-state index in [1.165, 1.54) is 44.6 Å². The van der Waals surface area contributed by atoms with Gasteiger partial charge in [-0.1, -0.05) is 12.1 Å². The monoisotopic (exact) mass is 368 g/mol. The molecular formula is C19H16N2O6. The third kappa shape index (κ3) is 3.32. The number of nitrogens with zero attached hydrogens (tertiary/aromatic N) is 1. The Hall–Kier alpha value is -3.81. The van der Waals surface area contributed by atoms with E-state index >= 15 is 0 Å². The molecule has 27 heavy (non-hydrogen) atoms. The molecule has 2 aromatic carbocycles. The predicted molar refractivity (Wildman–Crippen MR) is 96.7 cm³/mol. The number of amides is 4. The van der Waals surface area contributed by atoms with Crippen LogP contribution in [0.3, 0.4) is 0 Å². The molecule has 2 N–H and O–H groups in total. The minimum absolute atomic E-state index is 0.191. The zero-order chi connectivity index (χ0) is 19.6. The van der Waals surface area contributed by atoms with E-state index in [1.54, 1.807) is 18.2 Å². The lowest BCUT2D eigenvalue weighted by Gasteiger charge is -2.26. The van der Waals surface area contributed by atoms with Crippen LogP contribution in [-0.2, 0) is 9.59 Å². The van der Waals surface area contributed by atoms with Crippen LogP contribution in [0.25, 0.3) is 6.08 Å². The van der Waals surface area contributed by atoms with Crippen molar-refractivity contribution in [1.29, 1.82) is 0 Å². The van der Waals surface area contributed by atoms with Crippen LogP contribution < -0.4 is 19.7 Å². The van der Waals surface area contributed by atoms with Gasteiger partial charge in [0.2, 0.25) is 0 Å². The number of ether oxygens (including phenoxy) is 2. The van der Waals surface area contributed by atoms with E-state index < -0.39 is 17.8 Å². The number of anilines is 1. The van der Waals surface area contributed by atoms with E-state index in [9.17, 15) is 19.5 Å². The van der Waals surface area contributed by atoms with Gasteiger partial charge >= 0.3 is 6.03 Å². The second-order valence-electron chi connectivity index (χ2n) is 5.55. The Balaban J connectivity index is 2.02. The Bertz CT molecular complexity index is 949. The van der Waals surface area contributed by atoms with Gasteiger partial charge in [0.25, 0.3) is 11.8 Å². The molecule has 0 spiro atoms.